The molecule has 188 valence electrons. The van der Waals surface area contributed by atoms with Crippen LogP contribution in [0, 0.1) is 0 Å². The number of hydrogen-bond acceptors (Lipinski definition) is 7. The van der Waals surface area contributed by atoms with Crippen molar-refractivity contribution in [1.29, 1.82) is 0 Å². The highest BCUT2D eigenvalue weighted by atomic mass is 79.9. The van der Waals surface area contributed by atoms with E-state index in [1.165, 1.54) is 17.4 Å². The molecule has 1 saturated carbocycles. The number of piperidine rings is 1. The van der Waals surface area contributed by atoms with Gasteiger partial charge < -0.3 is 19.8 Å². The van der Waals surface area contributed by atoms with Crippen LogP contribution in [0.1, 0.15) is 40.1 Å². The first-order valence-electron chi connectivity index (χ1n) is 12.1. The molecule has 1 saturated heterocycles. The highest BCUT2D eigenvalue weighted by Crippen LogP contribution is 2.65. The lowest BCUT2D eigenvalue weighted by Gasteiger charge is -2.63. The van der Waals surface area contributed by atoms with Crippen molar-refractivity contribution in [3.05, 3.63) is 62.8 Å². The second kappa shape index (κ2) is 8.28. The van der Waals surface area contributed by atoms with Gasteiger partial charge in [-0.2, -0.15) is 0 Å². The summed E-state index contributed by atoms with van der Waals surface area (Å²) in [5.41, 5.74) is -1.17. The third kappa shape index (κ3) is 3.03. The summed E-state index contributed by atoms with van der Waals surface area (Å²) in [6, 6.07) is 4.03. The Labute approximate surface area is 221 Å². The van der Waals surface area contributed by atoms with Crippen LogP contribution in [0.4, 0.5) is 0 Å². The van der Waals surface area contributed by atoms with Gasteiger partial charge in [0.05, 0.1) is 11.5 Å². The van der Waals surface area contributed by atoms with Crippen LogP contribution in [-0.4, -0.2) is 75.6 Å². The highest BCUT2D eigenvalue weighted by Gasteiger charge is 2.75. The minimum absolute atomic E-state index is 0.0458. The van der Waals surface area contributed by atoms with Crippen molar-refractivity contribution in [1.82, 2.24) is 9.80 Å². The predicted molar refractivity (Wildman–Crippen MR) is 141 cm³/mol. The Bertz CT molecular complexity index is 1320. The van der Waals surface area contributed by atoms with Crippen molar-refractivity contribution in [2.75, 3.05) is 20.1 Å². The first kappa shape index (κ1) is 23.9. The van der Waals surface area contributed by atoms with E-state index in [1.54, 1.807) is 36.2 Å². The van der Waals surface area contributed by atoms with E-state index >= 15 is 0 Å². The predicted octanol–water partition coefficient (Wildman–Crippen LogP) is 3.74. The first-order valence-corrected chi connectivity index (χ1v) is 13.7. The van der Waals surface area contributed by atoms with Gasteiger partial charge in [-0.1, -0.05) is 6.08 Å². The van der Waals surface area contributed by atoms with Crippen molar-refractivity contribution in [2.24, 2.45) is 0 Å². The van der Waals surface area contributed by atoms with E-state index in [2.05, 4.69) is 22.5 Å². The van der Waals surface area contributed by atoms with Crippen molar-refractivity contribution >= 4 is 45.0 Å². The number of carbonyl (C=O) groups is 2. The summed E-state index contributed by atoms with van der Waals surface area (Å²) in [6.45, 7) is 4.91. The minimum atomic E-state index is -1.37. The van der Waals surface area contributed by atoms with Crippen LogP contribution in [0.3, 0.4) is 0 Å². The van der Waals surface area contributed by atoms with Crippen molar-refractivity contribution < 1.29 is 24.5 Å². The summed E-state index contributed by atoms with van der Waals surface area (Å²) in [6.07, 6.45) is 5.88. The van der Waals surface area contributed by atoms with E-state index < -0.39 is 23.2 Å². The third-order valence-electron chi connectivity index (χ3n) is 8.57. The molecule has 36 heavy (non-hydrogen) atoms. The standard InChI is InChI=1S/C27H27BrN2O5S/c1-3-11-30-12-10-26-21-17-5-6-19(31)23(21)35-25(26)18(8-9-27(26,34)24(30)22(17)33)29(2)20(32)7-4-16-13-15(28)14-36-16/h3-7,13-14,18,24-25,31,34H,1,8-12H2,2H3/b7-4+/t18?,24-,25?,26+,27-/m1/s1. The van der Waals surface area contributed by atoms with Crippen LogP contribution in [0.5, 0.6) is 11.5 Å². The van der Waals surface area contributed by atoms with E-state index in [9.17, 15) is 19.8 Å². The van der Waals surface area contributed by atoms with Gasteiger partial charge in [0.15, 0.2) is 17.3 Å². The van der Waals surface area contributed by atoms with Gasteiger partial charge in [-0.05, 0) is 59.5 Å². The average molecular weight is 571 g/mol. The number of likely N-dealkylation sites (N-methyl/N-ethyl adjacent to an activating group) is 1. The van der Waals surface area contributed by atoms with Gasteiger partial charge in [-0.25, -0.2) is 0 Å². The Morgan fingerprint density at radius 3 is 2.94 bits per heavy atom. The molecule has 2 aliphatic heterocycles. The molecule has 3 heterocycles. The maximum absolute atomic E-state index is 13.7. The summed E-state index contributed by atoms with van der Waals surface area (Å²) in [5, 5.41) is 25.1. The minimum Gasteiger partial charge on any atom is -0.504 e. The molecule has 1 amide bonds. The molecule has 0 radical (unpaired) electrons. The fraction of sp³-hybridized carbons (Fsp3) is 0.407. The zero-order chi connectivity index (χ0) is 25.4. The summed E-state index contributed by atoms with van der Waals surface area (Å²) >= 11 is 4.97. The number of Topliss-reactive ketones (excluding diaryl/α,β-unsaturated/α-hetero) is 1. The number of rotatable bonds is 5. The third-order valence-corrected chi connectivity index (χ3v) is 10.2. The molecule has 2 bridgehead atoms. The monoisotopic (exact) mass is 570 g/mol. The van der Waals surface area contributed by atoms with E-state index in [-0.39, 0.29) is 29.2 Å². The summed E-state index contributed by atoms with van der Waals surface area (Å²) < 4.78 is 7.41. The smallest absolute Gasteiger partial charge is 0.246 e. The Morgan fingerprint density at radius 1 is 1.42 bits per heavy atom. The van der Waals surface area contributed by atoms with Crippen LogP contribution in [0.2, 0.25) is 0 Å². The molecular formula is C27H27BrN2O5S. The summed E-state index contributed by atoms with van der Waals surface area (Å²) in [7, 11) is 1.76. The zero-order valence-corrected chi connectivity index (χ0v) is 22.2. The maximum Gasteiger partial charge on any atom is 0.246 e. The van der Waals surface area contributed by atoms with Crippen molar-refractivity contribution in [2.45, 2.75) is 48.5 Å². The number of benzene rings is 1. The van der Waals surface area contributed by atoms with E-state index in [4.69, 9.17) is 4.74 Å². The maximum atomic E-state index is 13.7. The first-order chi connectivity index (χ1) is 17.2. The molecule has 2 aliphatic carbocycles. The number of hydrogen-bond donors (Lipinski definition) is 2. The Kier molecular flexibility index (Phi) is 5.50. The Balaban J connectivity index is 1.42. The molecule has 1 aromatic heterocycles. The van der Waals surface area contributed by atoms with E-state index in [1.807, 2.05) is 16.3 Å². The number of aromatic hydroxyl groups is 1. The van der Waals surface area contributed by atoms with Gasteiger partial charge in [-0.3, -0.25) is 14.5 Å². The lowest BCUT2D eigenvalue weighted by Crippen LogP contribution is -2.79. The second-order valence-corrected chi connectivity index (χ2v) is 12.0. The lowest BCUT2D eigenvalue weighted by atomic mass is 9.48. The molecule has 2 unspecified atom stereocenters. The number of thiophene rings is 1. The molecule has 1 aromatic carbocycles. The largest absolute Gasteiger partial charge is 0.504 e. The van der Waals surface area contributed by atoms with Gasteiger partial charge in [0.25, 0.3) is 0 Å². The quantitative estimate of drug-likeness (QED) is 0.420. The number of nitrogens with zero attached hydrogens (tertiary/aromatic N) is 2. The van der Waals surface area contributed by atoms with Crippen LogP contribution < -0.4 is 4.74 Å². The molecule has 2 fully saturated rings. The van der Waals surface area contributed by atoms with Crippen LogP contribution in [0.15, 0.2) is 46.8 Å². The van der Waals surface area contributed by atoms with Crippen LogP contribution in [0.25, 0.3) is 6.08 Å². The second-order valence-electron chi connectivity index (χ2n) is 10.1. The fourth-order valence-electron chi connectivity index (χ4n) is 7.08. The number of ketones is 1. The summed E-state index contributed by atoms with van der Waals surface area (Å²) in [4.78, 5) is 31.6. The highest BCUT2D eigenvalue weighted by molar-refractivity contribution is 9.10. The molecule has 2 N–H and O–H groups in total. The fourth-order valence-corrected chi connectivity index (χ4v) is 8.41. The molecule has 6 rings (SSSR count). The normalized spacial score (nSPS) is 32.3. The lowest BCUT2D eigenvalue weighted by molar-refractivity contribution is -0.186. The number of phenolic OH excluding ortho intramolecular Hbond substituents is 1. The molecule has 5 atom stereocenters. The Hall–Kier alpha value is -2.46. The van der Waals surface area contributed by atoms with E-state index in [0.717, 1.165) is 9.35 Å². The molecule has 2 aromatic rings. The average Bonchev–Trinajstić information content (AvgIpc) is 3.43. The van der Waals surface area contributed by atoms with Gasteiger partial charge in [0.2, 0.25) is 5.91 Å². The summed E-state index contributed by atoms with van der Waals surface area (Å²) in [5.74, 6) is -0.0897. The van der Waals surface area contributed by atoms with Crippen LogP contribution >= 0.6 is 27.3 Å². The van der Waals surface area contributed by atoms with Gasteiger partial charge in [-0.15, -0.1) is 17.9 Å². The number of amides is 1. The SMILES string of the molecule is C=CCN1CC[C@]23c4c5ccc(O)c4OC2C(N(C)C(=O)/C=C/c2cc(Br)cs2)CC[C@@]3(O)[C@H]1C5=O. The van der Waals surface area contributed by atoms with Gasteiger partial charge >= 0.3 is 0 Å². The zero-order valence-electron chi connectivity index (χ0n) is 19.8. The van der Waals surface area contributed by atoms with E-state index in [0.29, 0.717) is 43.5 Å². The number of halogens is 1. The molecule has 7 nitrogen and oxygen atoms in total. The number of carbonyl (C=O) groups excluding carboxylic acids is 2. The molecule has 1 spiro atoms. The molecule has 4 aliphatic rings. The van der Waals surface area contributed by atoms with Gasteiger partial charge in [0.1, 0.15) is 17.7 Å². The van der Waals surface area contributed by atoms with Crippen molar-refractivity contribution in [3.63, 3.8) is 0 Å². The number of phenols is 1. The number of likely N-dealkylation sites (tertiary alicyclic amines) is 1. The van der Waals surface area contributed by atoms with Crippen molar-refractivity contribution in [3.8, 4) is 11.5 Å². The number of aliphatic hydroxyl groups is 1. The van der Waals surface area contributed by atoms with Gasteiger partial charge in [0, 0.05) is 52.1 Å². The van der Waals surface area contributed by atoms with Crippen LogP contribution in [-0.2, 0) is 10.2 Å². The Morgan fingerprint density at radius 2 is 2.22 bits per heavy atom. The molecular weight excluding hydrogens is 544 g/mol. The molecule has 9 heteroatoms. The topological polar surface area (TPSA) is 90.3 Å². The number of ether oxygens (including phenoxy) is 1.